The van der Waals surface area contributed by atoms with Crippen LogP contribution >= 0.6 is 0 Å². The standard InChI is InChI=1S/C20H23N5O2/c1-4-9-22-20(26)15(10-21)18-19(25-11-13(2)27-14(3)12-25)24-17-8-6-5-7-16(17)23-18/h4-8,13-15H,1,9,11-12H2,2-3H3,(H,22,26)/t13-,14-,15+/m1/s1. The molecule has 1 amide bonds. The van der Waals surface area contributed by atoms with Crippen LogP contribution in [0, 0.1) is 11.3 Å². The van der Waals surface area contributed by atoms with Gasteiger partial charge >= 0.3 is 0 Å². The number of benzene rings is 1. The first-order valence-electron chi connectivity index (χ1n) is 8.98. The van der Waals surface area contributed by atoms with Crippen molar-refractivity contribution in [2.75, 3.05) is 24.5 Å². The van der Waals surface area contributed by atoms with Gasteiger partial charge in [0.1, 0.15) is 5.69 Å². The van der Waals surface area contributed by atoms with Gasteiger partial charge in [0.2, 0.25) is 5.91 Å². The number of aromatic nitrogens is 2. The number of ether oxygens (including phenoxy) is 1. The Bertz CT molecular complexity index is 882. The van der Waals surface area contributed by atoms with Crippen LogP contribution < -0.4 is 10.2 Å². The summed E-state index contributed by atoms with van der Waals surface area (Å²) in [5.74, 6) is -0.890. The van der Waals surface area contributed by atoms with Crippen LogP contribution in [0.2, 0.25) is 0 Å². The van der Waals surface area contributed by atoms with Crippen molar-refractivity contribution in [3.8, 4) is 6.07 Å². The topological polar surface area (TPSA) is 91.1 Å². The van der Waals surface area contributed by atoms with Gasteiger partial charge in [-0.05, 0) is 26.0 Å². The molecule has 2 aromatic rings. The minimum atomic E-state index is -1.05. The van der Waals surface area contributed by atoms with E-state index in [1.54, 1.807) is 6.08 Å². The van der Waals surface area contributed by atoms with Gasteiger partial charge in [0.25, 0.3) is 0 Å². The van der Waals surface area contributed by atoms with E-state index in [2.05, 4.69) is 27.8 Å². The van der Waals surface area contributed by atoms with Crippen LogP contribution in [0.5, 0.6) is 0 Å². The predicted octanol–water partition coefficient (Wildman–Crippen LogP) is 2.15. The maximum absolute atomic E-state index is 12.5. The van der Waals surface area contributed by atoms with E-state index in [1.165, 1.54) is 0 Å². The third-order valence-electron chi connectivity index (χ3n) is 4.38. The molecule has 1 aromatic carbocycles. The van der Waals surface area contributed by atoms with E-state index < -0.39 is 11.8 Å². The maximum Gasteiger partial charge on any atom is 0.243 e. The summed E-state index contributed by atoms with van der Waals surface area (Å²) in [5.41, 5.74) is 1.76. The molecule has 3 rings (SSSR count). The maximum atomic E-state index is 12.5. The van der Waals surface area contributed by atoms with Gasteiger partial charge < -0.3 is 15.0 Å². The highest BCUT2D eigenvalue weighted by atomic mass is 16.5. The van der Waals surface area contributed by atoms with Gasteiger partial charge in [-0.1, -0.05) is 18.2 Å². The molecule has 0 unspecified atom stereocenters. The molecular formula is C20H23N5O2. The highest BCUT2D eigenvalue weighted by Crippen LogP contribution is 2.29. The van der Waals surface area contributed by atoms with Crippen LogP contribution in [0.15, 0.2) is 36.9 Å². The van der Waals surface area contributed by atoms with E-state index in [0.29, 0.717) is 36.7 Å². The Morgan fingerprint density at radius 3 is 2.59 bits per heavy atom. The quantitative estimate of drug-likeness (QED) is 0.817. The fourth-order valence-electron chi connectivity index (χ4n) is 3.30. The van der Waals surface area contributed by atoms with Crippen molar-refractivity contribution in [2.45, 2.75) is 32.0 Å². The number of morpholine rings is 1. The van der Waals surface area contributed by atoms with Gasteiger partial charge in [0.05, 0.1) is 29.3 Å². The summed E-state index contributed by atoms with van der Waals surface area (Å²) < 4.78 is 5.81. The lowest BCUT2D eigenvalue weighted by molar-refractivity contribution is -0.121. The molecule has 0 bridgehead atoms. The summed E-state index contributed by atoms with van der Waals surface area (Å²) in [6, 6.07) is 9.55. The number of para-hydroxylation sites is 2. The second kappa shape index (κ2) is 8.14. The molecule has 1 aliphatic rings. The van der Waals surface area contributed by atoms with Gasteiger partial charge in [0, 0.05) is 19.6 Å². The number of rotatable bonds is 5. The molecule has 1 aromatic heterocycles. The largest absolute Gasteiger partial charge is 0.372 e. The summed E-state index contributed by atoms with van der Waals surface area (Å²) in [7, 11) is 0. The first kappa shape index (κ1) is 18.8. The first-order chi connectivity index (χ1) is 13.0. The van der Waals surface area contributed by atoms with Crippen LogP contribution in [0.1, 0.15) is 25.5 Å². The summed E-state index contributed by atoms with van der Waals surface area (Å²) in [6.45, 7) is 9.12. The van der Waals surface area contributed by atoms with Crippen LogP contribution in [0.3, 0.4) is 0 Å². The number of nitriles is 1. The minimum Gasteiger partial charge on any atom is -0.372 e. The van der Waals surface area contributed by atoms with Crippen molar-refractivity contribution in [2.24, 2.45) is 0 Å². The summed E-state index contributed by atoms with van der Waals surface area (Å²) >= 11 is 0. The van der Waals surface area contributed by atoms with E-state index in [1.807, 2.05) is 38.1 Å². The zero-order valence-electron chi connectivity index (χ0n) is 15.6. The van der Waals surface area contributed by atoms with Gasteiger partial charge in [-0.3, -0.25) is 4.79 Å². The zero-order valence-corrected chi connectivity index (χ0v) is 15.6. The molecule has 0 saturated carbocycles. The lowest BCUT2D eigenvalue weighted by atomic mass is 10.0. The van der Waals surface area contributed by atoms with Crippen molar-refractivity contribution >= 4 is 22.8 Å². The molecule has 2 heterocycles. The molecule has 1 N–H and O–H groups in total. The van der Waals surface area contributed by atoms with Crippen molar-refractivity contribution in [3.63, 3.8) is 0 Å². The first-order valence-corrected chi connectivity index (χ1v) is 8.98. The highest BCUT2D eigenvalue weighted by molar-refractivity contribution is 5.89. The fraction of sp³-hybridized carbons (Fsp3) is 0.400. The molecule has 1 saturated heterocycles. The van der Waals surface area contributed by atoms with Crippen LogP contribution in [-0.2, 0) is 9.53 Å². The molecule has 27 heavy (non-hydrogen) atoms. The van der Waals surface area contributed by atoms with E-state index >= 15 is 0 Å². The molecule has 7 nitrogen and oxygen atoms in total. The Morgan fingerprint density at radius 1 is 1.37 bits per heavy atom. The second-order valence-corrected chi connectivity index (χ2v) is 6.68. The lowest BCUT2D eigenvalue weighted by Gasteiger charge is -2.37. The number of hydrogen-bond acceptors (Lipinski definition) is 6. The van der Waals surface area contributed by atoms with E-state index in [0.717, 1.165) is 5.52 Å². The summed E-state index contributed by atoms with van der Waals surface area (Å²) in [4.78, 5) is 24.0. The van der Waals surface area contributed by atoms with Crippen LogP contribution in [0.4, 0.5) is 5.82 Å². The van der Waals surface area contributed by atoms with Crippen molar-refractivity contribution in [1.29, 1.82) is 5.26 Å². The van der Waals surface area contributed by atoms with Crippen LogP contribution in [0.25, 0.3) is 11.0 Å². The SMILES string of the molecule is C=CCNC(=O)[C@@H](C#N)c1nc2ccccc2nc1N1C[C@@H](C)O[C@H](C)C1. The van der Waals surface area contributed by atoms with Gasteiger partial charge in [-0.2, -0.15) is 5.26 Å². The lowest BCUT2D eigenvalue weighted by Crippen LogP contribution is -2.46. The van der Waals surface area contributed by atoms with E-state index in [4.69, 9.17) is 9.72 Å². The second-order valence-electron chi connectivity index (χ2n) is 6.68. The Kier molecular flexibility index (Phi) is 5.67. The number of carbonyl (C=O) groups is 1. The molecule has 3 atom stereocenters. The number of hydrogen-bond donors (Lipinski definition) is 1. The minimum absolute atomic E-state index is 0.0185. The Labute approximate surface area is 158 Å². The number of fused-ring (bicyclic) bond motifs is 1. The number of nitrogens with one attached hydrogen (secondary N) is 1. The van der Waals surface area contributed by atoms with E-state index in [-0.39, 0.29) is 12.2 Å². The van der Waals surface area contributed by atoms with Crippen LogP contribution in [-0.4, -0.2) is 47.7 Å². The third-order valence-corrected chi connectivity index (χ3v) is 4.38. The highest BCUT2D eigenvalue weighted by Gasteiger charge is 2.31. The Hall–Kier alpha value is -2.98. The van der Waals surface area contributed by atoms with Gasteiger partial charge in [-0.15, -0.1) is 6.58 Å². The molecule has 140 valence electrons. The van der Waals surface area contributed by atoms with E-state index in [9.17, 15) is 10.1 Å². The molecular weight excluding hydrogens is 342 g/mol. The normalized spacial score (nSPS) is 20.7. The monoisotopic (exact) mass is 365 g/mol. The summed E-state index contributed by atoms with van der Waals surface area (Å²) in [6.07, 6.45) is 1.61. The van der Waals surface area contributed by atoms with Gasteiger partial charge in [0.15, 0.2) is 11.7 Å². The Balaban J connectivity index is 2.09. The number of anilines is 1. The third kappa shape index (κ3) is 4.07. The molecule has 0 spiro atoms. The van der Waals surface area contributed by atoms with Crippen molar-refractivity contribution in [3.05, 3.63) is 42.6 Å². The smallest absolute Gasteiger partial charge is 0.243 e. The average Bonchev–Trinajstić information content (AvgIpc) is 2.65. The van der Waals surface area contributed by atoms with Crippen molar-refractivity contribution < 1.29 is 9.53 Å². The average molecular weight is 365 g/mol. The molecule has 0 radical (unpaired) electrons. The number of amides is 1. The van der Waals surface area contributed by atoms with Crippen molar-refractivity contribution in [1.82, 2.24) is 15.3 Å². The predicted molar refractivity (Wildman–Crippen MR) is 103 cm³/mol. The fourth-order valence-corrected chi connectivity index (χ4v) is 3.30. The molecule has 7 heteroatoms. The molecule has 1 fully saturated rings. The number of carbonyl (C=O) groups excluding carboxylic acids is 1. The number of nitrogens with zero attached hydrogens (tertiary/aromatic N) is 4. The summed E-state index contributed by atoms with van der Waals surface area (Å²) in [5, 5.41) is 12.4. The van der Waals surface area contributed by atoms with Gasteiger partial charge in [-0.25, -0.2) is 9.97 Å². The Morgan fingerprint density at radius 2 is 2.00 bits per heavy atom. The molecule has 1 aliphatic heterocycles. The molecule has 0 aliphatic carbocycles. The zero-order chi connectivity index (χ0) is 19.4.